The fourth-order valence-electron chi connectivity index (χ4n) is 2.52. The normalized spacial score (nSPS) is 18.2. The monoisotopic (exact) mass is 393 g/mol. The first-order valence-electron chi connectivity index (χ1n) is 6.17. The highest BCUT2D eigenvalue weighted by molar-refractivity contribution is 8.93. The molecule has 0 spiro atoms. The van der Waals surface area contributed by atoms with E-state index in [4.69, 9.17) is 33.7 Å². The van der Waals surface area contributed by atoms with E-state index in [1.165, 1.54) is 7.11 Å². The molecule has 3 rings (SSSR count). The van der Waals surface area contributed by atoms with Crippen molar-refractivity contribution < 1.29 is 9.53 Å². The van der Waals surface area contributed by atoms with Crippen molar-refractivity contribution in [1.29, 1.82) is 0 Å². The zero-order chi connectivity index (χ0) is 14.5. The number of nitrogens with two attached hydrogens (primary N) is 1. The van der Waals surface area contributed by atoms with Crippen molar-refractivity contribution in [3.8, 4) is 0 Å². The Balaban J connectivity index is 0.00000161. The van der Waals surface area contributed by atoms with Crippen molar-refractivity contribution in [2.75, 3.05) is 7.11 Å². The van der Waals surface area contributed by atoms with Crippen molar-refractivity contribution in [3.63, 3.8) is 0 Å². The number of methoxy groups -OCH3 is 1. The van der Waals surface area contributed by atoms with Gasteiger partial charge in [-0.25, -0.2) is 9.79 Å². The Hall–Kier alpha value is -0.980. The number of hydrogen-bond acceptors (Lipinski definition) is 5. The second-order valence-electron chi connectivity index (χ2n) is 4.94. The molecule has 21 heavy (non-hydrogen) atoms. The van der Waals surface area contributed by atoms with Gasteiger partial charge in [-0.3, -0.25) is 0 Å². The largest absolute Gasteiger partial charge is 0.467 e. The van der Waals surface area contributed by atoms with Crippen molar-refractivity contribution in [2.45, 2.75) is 24.9 Å². The van der Waals surface area contributed by atoms with Crippen LogP contribution in [0.15, 0.2) is 17.1 Å². The van der Waals surface area contributed by atoms with Gasteiger partial charge in [0.2, 0.25) is 0 Å². The summed E-state index contributed by atoms with van der Waals surface area (Å²) in [6.45, 7) is 0.402. The lowest BCUT2D eigenvalue weighted by molar-refractivity contribution is -0.147. The summed E-state index contributed by atoms with van der Waals surface area (Å²) in [6.07, 6.45) is 1.40. The Morgan fingerprint density at radius 2 is 2.10 bits per heavy atom. The number of fused-ring (bicyclic) bond motifs is 1. The molecule has 0 saturated heterocycles. The zero-order valence-electron chi connectivity index (χ0n) is 11.2. The Bertz CT molecular complexity index is 632. The van der Waals surface area contributed by atoms with Crippen molar-refractivity contribution in [3.05, 3.63) is 27.7 Å². The van der Waals surface area contributed by atoms with Gasteiger partial charge in [0.1, 0.15) is 5.54 Å². The summed E-state index contributed by atoms with van der Waals surface area (Å²) in [5.74, 6) is 0.0102. The maximum absolute atomic E-state index is 12.0. The van der Waals surface area contributed by atoms with Gasteiger partial charge in [0.05, 0.1) is 29.4 Å². The highest BCUT2D eigenvalue weighted by Crippen LogP contribution is 2.47. The lowest BCUT2D eigenvalue weighted by Gasteiger charge is -2.34. The fourth-order valence-corrected chi connectivity index (χ4v) is 2.92. The average molecular weight is 395 g/mol. The van der Waals surface area contributed by atoms with Gasteiger partial charge in [0.25, 0.3) is 0 Å². The SMILES string of the molecule is Br.COC(=O)C1(N2Cc3c(ccc(Cl)c3Cl)N=C2N)CC1. The molecule has 2 aliphatic rings. The van der Waals surface area contributed by atoms with Gasteiger partial charge in [-0.1, -0.05) is 23.2 Å². The van der Waals surface area contributed by atoms with Gasteiger partial charge in [-0.15, -0.1) is 17.0 Å². The number of hydrogen-bond donors (Lipinski definition) is 1. The van der Waals surface area contributed by atoms with Crippen LogP contribution in [0.4, 0.5) is 5.69 Å². The number of benzene rings is 1. The Labute approximate surface area is 142 Å². The van der Waals surface area contributed by atoms with Crippen LogP contribution >= 0.6 is 40.2 Å². The standard InChI is InChI=1S/C13H13Cl2N3O2.BrH/c1-20-11(19)13(4-5-13)18-6-7-9(17-12(18)16)3-2-8(14)10(7)15;/h2-3H,4-6H2,1H3,(H2,16,17);1H. The molecule has 1 saturated carbocycles. The van der Waals surface area contributed by atoms with Gasteiger partial charge >= 0.3 is 5.97 Å². The lowest BCUT2D eigenvalue weighted by atomic mass is 10.1. The van der Waals surface area contributed by atoms with E-state index >= 15 is 0 Å². The van der Waals surface area contributed by atoms with E-state index in [0.717, 1.165) is 5.56 Å². The highest BCUT2D eigenvalue weighted by atomic mass is 79.9. The summed E-state index contributed by atoms with van der Waals surface area (Å²) in [7, 11) is 1.37. The molecule has 0 aromatic heterocycles. The highest BCUT2D eigenvalue weighted by Gasteiger charge is 2.57. The first-order valence-corrected chi connectivity index (χ1v) is 6.92. The minimum Gasteiger partial charge on any atom is -0.467 e. The van der Waals surface area contributed by atoms with Crippen LogP contribution in [0.2, 0.25) is 10.0 Å². The van der Waals surface area contributed by atoms with Crippen LogP contribution in [-0.2, 0) is 16.1 Å². The van der Waals surface area contributed by atoms with Crippen molar-refractivity contribution >= 4 is 57.8 Å². The summed E-state index contributed by atoms with van der Waals surface area (Å²) in [5, 5.41) is 0.912. The van der Waals surface area contributed by atoms with Gasteiger partial charge in [0.15, 0.2) is 5.96 Å². The molecule has 1 aliphatic heterocycles. The van der Waals surface area contributed by atoms with Crippen LogP contribution in [-0.4, -0.2) is 29.5 Å². The molecular formula is C13H14BrCl2N3O2. The number of carbonyl (C=O) groups is 1. The summed E-state index contributed by atoms with van der Waals surface area (Å²) in [4.78, 5) is 18.0. The first-order chi connectivity index (χ1) is 9.49. The molecule has 1 aromatic rings. The van der Waals surface area contributed by atoms with E-state index in [1.807, 2.05) is 0 Å². The number of nitrogens with zero attached hydrogens (tertiary/aromatic N) is 2. The third-order valence-corrected chi connectivity index (χ3v) is 4.65. The fraction of sp³-hybridized carbons (Fsp3) is 0.385. The average Bonchev–Trinajstić information content (AvgIpc) is 3.23. The maximum atomic E-state index is 12.0. The second-order valence-corrected chi connectivity index (χ2v) is 5.72. The predicted octanol–water partition coefficient (Wildman–Crippen LogP) is 3.04. The molecule has 1 aromatic carbocycles. The quantitative estimate of drug-likeness (QED) is 0.782. The molecule has 1 heterocycles. The molecule has 2 N–H and O–H groups in total. The van der Waals surface area contributed by atoms with Crippen LogP contribution < -0.4 is 5.73 Å². The molecule has 114 valence electrons. The van der Waals surface area contributed by atoms with E-state index in [1.54, 1.807) is 17.0 Å². The van der Waals surface area contributed by atoms with Gasteiger partial charge in [-0.2, -0.15) is 0 Å². The molecule has 0 bridgehead atoms. The summed E-state index contributed by atoms with van der Waals surface area (Å²) < 4.78 is 4.87. The van der Waals surface area contributed by atoms with E-state index in [-0.39, 0.29) is 23.0 Å². The molecule has 8 heteroatoms. The minimum atomic E-state index is -0.703. The molecular weight excluding hydrogens is 381 g/mol. The maximum Gasteiger partial charge on any atom is 0.331 e. The Morgan fingerprint density at radius 3 is 2.67 bits per heavy atom. The number of esters is 1. The lowest BCUT2D eigenvalue weighted by Crippen LogP contribution is -2.51. The summed E-state index contributed by atoms with van der Waals surface area (Å²) in [6, 6.07) is 3.45. The third-order valence-electron chi connectivity index (χ3n) is 3.80. The Kier molecular flexibility index (Phi) is 4.42. The molecule has 0 radical (unpaired) electrons. The van der Waals surface area contributed by atoms with Crippen LogP contribution in [0.1, 0.15) is 18.4 Å². The van der Waals surface area contributed by atoms with Gasteiger partial charge < -0.3 is 15.4 Å². The molecule has 0 atom stereocenters. The van der Waals surface area contributed by atoms with E-state index < -0.39 is 5.54 Å². The zero-order valence-corrected chi connectivity index (χ0v) is 14.5. The topological polar surface area (TPSA) is 67.9 Å². The van der Waals surface area contributed by atoms with Crippen LogP contribution in [0, 0.1) is 0 Å². The van der Waals surface area contributed by atoms with E-state index in [0.29, 0.717) is 41.1 Å². The number of carbonyl (C=O) groups excluding carboxylic acids is 1. The number of rotatable bonds is 2. The summed E-state index contributed by atoms with van der Waals surface area (Å²) in [5.41, 5.74) is 6.76. The Morgan fingerprint density at radius 1 is 1.43 bits per heavy atom. The first kappa shape index (κ1) is 16.4. The van der Waals surface area contributed by atoms with Gasteiger partial charge in [0, 0.05) is 5.56 Å². The van der Waals surface area contributed by atoms with Crippen LogP contribution in [0.25, 0.3) is 0 Å². The van der Waals surface area contributed by atoms with E-state index in [9.17, 15) is 4.79 Å². The molecule has 1 aliphatic carbocycles. The third kappa shape index (κ3) is 2.49. The molecule has 0 amide bonds. The van der Waals surface area contributed by atoms with Crippen molar-refractivity contribution in [2.24, 2.45) is 10.7 Å². The number of aliphatic imine (C=N–C) groups is 1. The predicted molar refractivity (Wildman–Crippen MR) is 87.6 cm³/mol. The molecule has 5 nitrogen and oxygen atoms in total. The van der Waals surface area contributed by atoms with Crippen LogP contribution in [0.3, 0.4) is 0 Å². The van der Waals surface area contributed by atoms with E-state index in [2.05, 4.69) is 4.99 Å². The van der Waals surface area contributed by atoms with Crippen molar-refractivity contribution in [1.82, 2.24) is 4.90 Å². The van der Waals surface area contributed by atoms with Crippen LogP contribution in [0.5, 0.6) is 0 Å². The molecule has 0 unspecified atom stereocenters. The smallest absolute Gasteiger partial charge is 0.331 e. The second kappa shape index (κ2) is 5.66. The molecule has 1 fully saturated rings. The minimum absolute atomic E-state index is 0. The number of ether oxygens (including phenoxy) is 1. The number of halogens is 3. The number of guanidine groups is 1. The summed E-state index contributed by atoms with van der Waals surface area (Å²) >= 11 is 12.3. The van der Waals surface area contributed by atoms with Gasteiger partial charge in [-0.05, 0) is 25.0 Å².